The number of aryl methyl sites for hydroxylation is 1. The summed E-state index contributed by atoms with van der Waals surface area (Å²) in [6.45, 7) is 2.02. The Hall–Kier alpha value is -2.63. The Morgan fingerprint density at radius 2 is 2.17 bits per heavy atom. The number of anilines is 1. The maximum atomic E-state index is 12.0. The van der Waals surface area contributed by atoms with E-state index in [-0.39, 0.29) is 11.7 Å². The van der Waals surface area contributed by atoms with Crippen LogP contribution in [0.2, 0.25) is 0 Å². The van der Waals surface area contributed by atoms with Crippen molar-refractivity contribution in [2.45, 2.75) is 12.1 Å². The number of amides is 1. The minimum absolute atomic E-state index is 0.175. The van der Waals surface area contributed by atoms with Crippen molar-refractivity contribution < 1.29 is 4.79 Å². The van der Waals surface area contributed by atoms with Crippen molar-refractivity contribution in [2.75, 3.05) is 11.1 Å². The van der Waals surface area contributed by atoms with Crippen molar-refractivity contribution >= 4 is 34.0 Å². The first kappa shape index (κ1) is 16.2. The van der Waals surface area contributed by atoms with Crippen molar-refractivity contribution in [3.05, 3.63) is 46.8 Å². The molecule has 0 saturated carbocycles. The molecule has 0 unspecified atom stereocenters. The molecule has 0 spiro atoms. The lowest BCUT2D eigenvalue weighted by Crippen LogP contribution is -2.13. The van der Waals surface area contributed by atoms with E-state index in [0.717, 1.165) is 5.56 Å². The van der Waals surface area contributed by atoms with E-state index in [1.165, 1.54) is 28.7 Å². The third kappa shape index (κ3) is 3.82. The van der Waals surface area contributed by atoms with E-state index in [1.54, 1.807) is 11.4 Å². The number of carbonyl (C=O) groups excluding carboxylic acids is 1. The average molecular weight is 355 g/mol. The highest BCUT2D eigenvalue weighted by Crippen LogP contribution is 2.23. The number of nitriles is 1. The minimum Gasteiger partial charge on any atom is -0.316 e. The van der Waals surface area contributed by atoms with Crippen molar-refractivity contribution in [2.24, 2.45) is 0 Å². The lowest BCUT2D eigenvalue weighted by atomic mass is 10.1. The summed E-state index contributed by atoms with van der Waals surface area (Å²) in [7, 11) is 0. The monoisotopic (exact) mass is 355 g/mol. The van der Waals surface area contributed by atoms with Gasteiger partial charge in [-0.15, -0.1) is 16.4 Å². The van der Waals surface area contributed by atoms with Crippen LogP contribution in [0.15, 0.2) is 40.9 Å². The second-order valence-corrected chi connectivity index (χ2v) is 6.80. The quantitative estimate of drug-likeness (QED) is 0.684. The number of hydrogen-bond donors (Lipinski definition) is 2. The molecule has 8 heteroatoms. The first-order valence-electron chi connectivity index (χ1n) is 7.05. The van der Waals surface area contributed by atoms with Crippen LogP contribution in [-0.4, -0.2) is 26.8 Å². The summed E-state index contributed by atoms with van der Waals surface area (Å²) >= 11 is 2.56. The number of aromatic amines is 1. The van der Waals surface area contributed by atoms with Crippen molar-refractivity contribution in [1.29, 1.82) is 5.26 Å². The third-order valence-electron chi connectivity index (χ3n) is 3.16. The van der Waals surface area contributed by atoms with E-state index < -0.39 is 0 Å². The van der Waals surface area contributed by atoms with E-state index in [1.807, 2.05) is 37.3 Å². The summed E-state index contributed by atoms with van der Waals surface area (Å²) < 4.78 is 0. The highest BCUT2D eigenvalue weighted by molar-refractivity contribution is 7.99. The van der Waals surface area contributed by atoms with E-state index in [0.29, 0.717) is 21.5 Å². The molecule has 120 valence electrons. The van der Waals surface area contributed by atoms with Gasteiger partial charge >= 0.3 is 0 Å². The Kier molecular flexibility index (Phi) is 4.93. The number of H-pyrrole nitrogens is 1. The lowest BCUT2D eigenvalue weighted by molar-refractivity contribution is -0.113. The maximum Gasteiger partial charge on any atom is 0.235 e. The van der Waals surface area contributed by atoms with Crippen LogP contribution < -0.4 is 5.32 Å². The fraction of sp³-hybridized carbons (Fsp3) is 0.125. The Labute approximate surface area is 146 Å². The number of nitrogens with one attached hydrogen (secondary N) is 2. The second-order valence-electron chi connectivity index (χ2n) is 4.94. The van der Waals surface area contributed by atoms with Crippen LogP contribution in [-0.2, 0) is 4.79 Å². The van der Waals surface area contributed by atoms with Crippen LogP contribution in [0.4, 0.5) is 5.00 Å². The zero-order valence-electron chi connectivity index (χ0n) is 12.7. The van der Waals surface area contributed by atoms with Gasteiger partial charge in [0.2, 0.25) is 11.1 Å². The first-order valence-corrected chi connectivity index (χ1v) is 8.92. The molecule has 0 aliphatic carbocycles. The molecule has 2 aromatic heterocycles. The van der Waals surface area contributed by atoms with E-state index in [2.05, 4.69) is 20.5 Å². The van der Waals surface area contributed by atoms with Gasteiger partial charge in [0, 0.05) is 5.56 Å². The number of thiophene rings is 1. The lowest BCUT2D eigenvalue weighted by Gasteiger charge is -2.01. The SMILES string of the molecule is Cc1ccc(-c2nc(SCC(=O)Nc3sccc3C#N)n[nH]2)cc1. The van der Waals surface area contributed by atoms with E-state index in [4.69, 9.17) is 5.26 Å². The van der Waals surface area contributed by atoms with Crippen LogP contribution in [0, 0.1) is 18.3 Å². The van der Waals surface area contributed by atoms with Crippen LogP contribution >= 0.6 is 23.1 Å². The van der Waals surface area contributed by atoms with Gasteiger partial charge in [-0.25, -0.2) is 4.98 Å². The van der Waals surface area contributed by atoms with E-state index in [9.17, 15) is 4.79 Å². The molecule has 2 heterocycles. The molecule has 0 aliphatic heterocycles. The second kappa shape index (κ2) is 7.29. The molecule has 2 N–H and O–H groups in total. The molecule has 0 atom stereocenters. The summed E-state index contributed by atoms with van der Waals surface area (Å²) in [6.07, 6.45) is 0. The average Bonchev–Trinajstić information content (AvgIpc) is 3.22. The highest BCUT2D eigenvalue weighted by Gasteiger charge is 2.11. The summed E-state index contributed by atoms with van der Waals surface area (Å²) in [5.74, 6) is 0.650. The number of rotatable bonds is 5. The van der Waals surface area contributed by atoms with Crippen LogP contribution in [0.1, 0.15) is 11.1 Å². The standard InChI is InChI=1S/C16H13N5OS2/c1-10-2-4-11(5-3-10)14-19-16(21-20-14)24-9-13(22)18-15-12(8-17)6-7-23-15/h2-7H,9H2,1H3,(H,18,22)(H,19,20,21). The first-order chi connectivity index (χ1) is 11.7. The molecule has 6 nitrogen and oxygen atoms in total. The maximum absolute atomic E-state index is 12.0. The number of carbonyl (C=O) groups is 1. The molecule has 24 heavy (non-hydrogen) atoms. The number of hydrogen-bond acceptors (Lipinski definition) is 6. The van der Waals surface area contributed by atoms with Gasteiger partial charge < -0.3 is 5.32 Å². The largest absolute Gasteiger partial charge is 0.316 e. The number of benzene rings is 1. The van der Waals surface area contributed by atoms with Gasteiger partial charge in [-0.05, 0) is 18.4 Å². The Balaban J connectivity index is 1.58. The zero-order chi connectivity index (χ0) is 16.9. The Bertz CT molecular complexity index is 892. The van der Waals surface area contributed by atoms with Crippen molar-refractivity contribution in [3.8, 4) is 17.5 Å². The highest BCUT2D eigenvalue weighted by atomic mass is 32.2. The van der Waals surface area contributed by atoms with Crippen LogP contribution in [0.25, 0.3) is 11.4 Å². The van der Waals surface area contributed by atoms with Gasteiger partial charge in [0.15, 0.2) is 5.82 Å². The topological polar surface area (TPSA) is 94.5 Å². The van der Waals surface area contributed by atoms with Gasteiger partial charge in [0.25, 0.3) is 0 Å². The van der Waals surface area contributed by atoms with Crippen molar-refractivity contribution in [3.63, 3.8) is 0 Å². The zero-order valence-corrected chi connectivity index (χ0v) is 14.4. The number of thioether (sulfide) groups is 1. The summed E-state index contributed by atoms with van der Waals surface area (Å²) in [6, 6.07) is 11.7. The molecule has 0 fully saturated rings. The Morgan fingerprint density at radius 1 is 1.38 bits per heavy atom. The molecule has 0 bridgehead atoms. The summed E-state index contributed by atoms with van der Waals surface area (Å²) in [5, 5.41) is 21.5. The van der Waals surface area contributed by atoms with Gasteiger partial charge in [-0.3, -0.25) is 9.89 Å². The summed E-state index contributed by atoms with van der Waals surface area (Å²) in [4.78, 5) is 16.3. The number of nitrogens with zero attached hydrogens (tertiary/aromatic N) is 3. The van der Waals surface area contributed by atoms with Crippen LogP contribution in [0.3, 0.4) is 0 Å². The van der Waals surface area contributed by atoms with Gasteiger partial charge in [0.1, 0.15) is 11.1 Å². The molecule has 1 amide bonds. The normalized spacial score (nSPS) is 10.3. The molecular formula is C16H13N5OS2. The Morgan fingerprint density at radius 3 is 2.92 bits per heavy atom. The van der Waals surface area contributed by atoms with Crippen LogP contribution in [0.5, 0.6) is 0 Å². The minimum atomic E-state index is -0.194. The van der Waals surface area contributed by atoms with Crippen molar-refractivity contribution in [1.82, 2.24) is 15.2 Å². The predicted molar refractivity (Wildman–Crippen MR) is 94.9 cm³/mol. The molecule has 0 aliphatic rings. The molecule has 3 rings (SSSR count). The van der Waals surface area contributed by atoms with Gasteiger partial charge in [0.05, 0.1) is 11.3 Å². The molecule has 1 aromatic carbocycles. The number of aromatic nitrogens is 3. The smallest absolute Gasteiger partial charge is 0.235 e. The molecule has 3 aromatic rings. The van der Waals surface area contributed by atoms with Gasteiger partial charge in [-0.2, -0.15) is 5.26 Å². The molecule has 0 saturated heterocycles. The molecule has 0 radical (unpaired) electrons. The van der Waals surface area contributed by atoms with Gasteiger partial charge in [-0.1, -0.05) is 41.6 Å². The fourth-order valence-electron chi connectivity index (χ4n) is 1.94. The summed E-state index contributed by atoms with van der Waals surface area (Å²) in [5.41, 5.74) is 2.59. The van der Waals surface area contributed by atoms with E-state index >= 15 is 0 Å². The fourth-order valence-corrected chi connectivity index (χ4v) is 3.29. The third-order valence-corrected chi connectivity index (χ3v) is 4.84. The molecular weight excluding hydrogens is 342 g/mol. The predicted octanol–water partition coefficient (Wildman–Crippen LogP) is 3.44.